The van der Waals surface area contributed by atoms with E-state index in [9.17, 15) is 15.2 Å². The van der Waals surface area contributed by atoms with Gasteiger partial charge in [-0.15, -0.1) is 0 Å². The topological polar surface area (TPSA) is 67.6 Å². The molecule has 4 aliphatic rings. The highest BCUT2D eigenvalue weighted by molar-refractivity contribution is 5.97. The van der Waals surface area contributed by atoms with E-state index in [1.54, 1.807) is 24.3 Å². The summed E-state index contributed by atoms with van der Waals surface area (Å²) in [7, 11) is 0. The van der Waals surface area contributed by atoms with Crippen LogP contribution >= 0.6 is 0 Å². The molecule has 1 amide bonds. The van der Waals surface area contributed by atoms with E-state index in [4.69, 9.17) is 0 Å². The van der Waals surface area contributed by atoms with Crippen LogP contribution in [-0.2, 0) is 0 Å². The summed E-state index contributed by atoms with van der Waals surface area (Å²) < 4.78 is 0. The molecule has 2 aromatic rings. The van der Waals surface area contributed by atoms with Gasteiger partial charge in [-0.2, -0.15) is 5.26 Å². The highest BCUT2D eigenvalue weighted by atomic mass is 16.3. The van der Waals surface area contributed by atoms with Crippen LogP contribution in [0, 0.1) is 17.2 Å². The zero-order valence-electron chi connectivity index (χ0n) is 15.7. The van der Waals surface area contributed by atoms with Crippen molar-refractivity contribution in [3.05, 3.63) is 65.2 Å². The number of hydrogen-bond acceptors (Lipinski definition) is 4. The van der Waals surface area contributed by atoms with Crippen LogP contribution in [0.2, 0.25) is 0 Å². The smallest absolute Gasteiger partial charge is 0.255 e. The Morgan fingerprint density at radius 2 is 1.86 bits per heavy atom. The van der Waals surface area contributed by atoms with Crippen LogP contribution in [0.5, 0.6) is 5.75 Å². The molecule has 3 atom stereocenters. The molecule has 5 heteroatoms. The number of likely N-dealkylation sites (tertiary alicyclic amines) is 1. The maximum absolute atomic E-state index is 13.5. The lowest BCUT2D eigenvalue weighted by Crippen LogP contribution is -2.60. The minimum absolute atomic E-state index is 0.0384. The number of phenolic OH excluding ortho intramolecular Hbond substituents is 1. The lowest BCUT2D eigenvalue weighted by Gasteiger charge is -2.51. The maximum Gasteiger partial charge on any atom is 0.255 e. The Morgan fingerprint density at radius 1 is 1.07 bits per heavy atom. The first-order chi connectivity index (χ1) is 13.7. The predicted molar refractivity (Wildman–Crippen MR) is 105 cm³/mol. The Morgan fingerprint density at radius 3 is 2.61 bits per heavy atom. The number of hydrogen-bond donors (Lipinski definition) is 1. The molecule has 0 unspecified atom stereocenters. The van der Waals surface area contributed by atoms with Gasteiger partial charge in [0.25, 0.3) is 5.91 Å². The summed E-state index contributed by atoms with van der Waals surface area (Å²) in [6.07, 6.45) is 2.25. The zero-order valence-corrected chi connectivity index (χ0v) is 15.7. The number of carbonyl (C=O) groups is 1. The van der Waals surface area contributed by atoms with Crippen molar-refractivity contribution in [2.24, 2.45) is 5.92 Å². The van der Waals surface area contributed by atoms with Gasteiger partial charge >= 0.3 is 0 Å². The van der Waals surface area contributed by atoms with Crippen LogP contribution in [0.25, 0.3) is 0 Å². The molecule has 0 aromatic heterocycles. The summed E-state index contributed by atoms with van der Waals surface area (Å²) in [6, 6.07) is 17.2. The summed E-state index contributed by atoms with van der Waals surface area (Å²) in [5.41, 5.74) is 2.02. The molecule has 0 radical (unpaired) electrons. The molecule has 2 bridgehead atoms. The molecule has 0 saturated carbocycles. The van der Waals surface area contributed by atoms with Gasteiger partial charge in [0, 0.05) is 18.5 Å². The van der Waals surface area contributed by atoms with Crippen molar-refractivity contribution >= 4 is 5.91 Å². The second-order valence-electron chi connectivity index (χ2n) is 8.17. The van der Waals surface area contributed by atoms with Crippen LogP contribution in [0.15, 0.2) is 48.5 Å². The number of rotatable bonds is 2. The summed E-state index contributed by atoms with van der Waals surface area (Å²) in [5, 5.41) is 19.4. The number of amides is 1. The molecule has 5 nitrogen and oxygen atoms in total. The van der Waals surface area contributed by atoms with Gasteiger partial charge in [-0.3, -0.25) is 9.69 Å². The Bertz CT molecular complexity index is 958. The number of fused-ring (bicyclic) bond motifs is 2. The summed E-state index contributed by atoms with van der Waals surface area (Å²) in [5.74, 6) is 0.919. The second kappa shape index (κ2) is 6.65. The minimum Gasteiger partial charge on any atom is -0.508 e. The SMILES string of the molecule is N#Cc1ccccc1C(=O)N1C[C@@H](c2cccc(O)c2)[C@@H]2[C@H]1C1CCN2CC1. The fourth-order valence-corrected chi connectivity index (χ4v) is 5.63. The van der Waals surface area contributed by atoms with Crippen molar-refractivity contribution in [2.45, 2.75) is 30.8 Å². The molecule has 4 fully saturated rings. The number of nitriles is 1. The van der Waals surface area contributed by atoms with Crippen LogP contribution < -0.4 is 0 Å². The van der Waals surface area contributed by atoms with Crippen LogP contribution in [0.3, 0.4) is 0 Å². The average Bonchev–Trinajstić information content (AvgIpc) is 3.17. The highest BCUT2D eigenvalue weighted by Crippen LogP contribution is 2.47. The van der Waals surface area contributed by atoms with E-state index in [1.807, 2.05) is 23.1 Å². The van der Waals surface area contributed by atoms with Gasteiger partial charge in [-0.05, 0) is 61.7 Å². The molecule has 6 rings (SSSR count). The normalized spacial score (nSPS) is 30.7. The lowest BCUT2D eigenvalue weighted by atomic mass is 9.75. The number of carbonyl (C=O) groups excluding carboxylic acids is 1. The molecule has 142 valence electrons. The zero-order chi connectivity index (χ0) is 19.3. The van der Waals surface area contributed by atoms with E-state index in [1.165, 1.54) is 0 Å². The first-order valence-corrected chi connectivity index (χ1v) is 10.0. The van der Waals surface area contributed by atoms with Gasteiger partial charge in [0.05, 0.1) is 23.2 Å². The third kappa shape index (κ3) is 2.60. The van der Waals surface area contributed by atoms with Crippen LogP contribution in [0.1, 0.15) is 40.2 Å². The summed E-state index contributed by atoms with van der Waals surface area (Å²) in [6.45, 7) is 2.79. The highest BCUT2D eigenvalue weighted by Gasteiger charge is 2.54. The van der Waals surface area contributed by atoms with Crippen molar-refractivity contribution in [2.75, 3.05) is 19.6 Å². The quantitative estimate of drug-likeness (QED) is 0.879. The lowest BCUT2D eigenvalue weighted by molar-refractivity contribution is -0.00342. The first kappa shape index (κ1) is 17.3. The molecule has 2 aromatic carbocycles. The van der Waals surface area contributed by atoms with Crippen molar-refractivity contribution in [1.29, 1.82) is 5.26 Å². The third-order valence-electron chi connectivity index (χ3n) is 6.83. The molecular formula is C23H23N3O2. The first-order valence-electron chi connectivity index (χ1n) is 10.0. The van der Waals surface area contributed by atoms with Crippen molar-refractivity contribution in [1.82, 2.24) is 9.80 Å². The van der Waals surface area contributed by atoms with E-state index in [0.717, 1.165) is 31.5 Å². The molecule has 0 spiro atoms. The standard InChI is InChI=1S/C23H23N3O2/c24-13-17-4-1-2-7-19(17)23(28)26-14-20(16-5-3-6-18(27)12-16)22-21(26)15-8-10-25(22)11-9-15/h1-7,12,15,20-22,27H,8-11,14H2/t20-,21+,22+/m0/s1. The molecular weight excluding hydrogens is 350 g/mol. The van der Waals surface area contributed by atoms with Gasteiger partial charge in [0.2, 0.25) is 0 Å². The molecule has 0 aliphatic carbocycles. The third-order valence-corrected chi connectivity index (χ3v) is 6.83. The Kier molecular flexibility index (Phi) is 4.10. The Labute approximate surface area is 164 Å². The summed E-state index contributed by atoms with van der Waals surface area (Å²) in [4.78, 5) is 18.1. The number of benzene rings is 2. The predicted octanol–water partition coefficient (Wildman–Crippen LogP) is 2.97. The van der Waals surface area contributed by atoms with Crippen molar-refractivity contribution in [3.63, 3.8) is 0 Å². The van der Waals surface area contributed by atoms with Gasteiger partial charge in [0.15, 0.2) is 0 Å². The molecule has 4 heterocycles. The minimum atomic E-state index is -0.0384. The number of aromatic hydroxyl groups is 1. The van der Waals surface area contributed by atoms with Gasteiger partial charge in [-0.1, -0.05) is 24.3 Å². The molecule has 4 aliphatic heterocycles. The number of nitrogens with zero attached hydrogens (tertiary/aromatic N) is 3. The number of phenols is 1. The monoisotopic (exact) mass is 373 g/mol. The largest absolute Gasteiger partial charge is 0.508 e. The fourth-order valence-electron chi connectivity index (χ4n) is 5.63. The van der Waals surface area contributed by atoms with Crippen LogP contribution in [-0.4, -0.2) is 52.5 Å². The maximum atomic E-state index is 13.5. The van der Waals surface area contributed by atoms with Crippen molar-refractivity contribution < 1.29 is 9.90 Å². The number of piperidine rings is 3. The van der Waals surface area contributed by atoms with E-state index >= 15 is 0 Å². The average molecular weight is 373 g/mol. The Balaban J connectivity index is 1.55. The van der Waals surface area contributed by atoms with Gasteiger partial charge < -0.3 is 10.0 Å². The van der Waals surface area contributed by atoms with Gasteiger partial charge in [-0.25, -0.2) is 0 Å². The van der Waals surface area contributed by atoms with E-state index in [0.29, 0.717) is 23.6 Å². The van der Waals surface area contributed by atoms with E-state index in [2.05, 4.69) is 17.0 Å². The van der Waals surface area contributed by atoms with Crippen LogP contribution in [0.4, 0.5) is 0 Å². The molecule has 28 heavy (non-hydrogen) atoms. The second-order valence-corrected chi connectivity index (χ2v) is 8.17. The van der Waals surface area contributed by atoms with E-state index in [-0.39, 0.29) is 29.7 Å². The van der Waals surface area contributed by atoms with Gasteiger partial charge in [0.1, 0.15) is 5.75 Å². The Hall–Kier alpha value is -2.84. The van der Waals surface area contributed by atoms with E-state index < -0.39 is 0 Å². The van der Waals surface area contributed by atoms with Crippen molar-refractivity contribution in [3.8, 4) is 11.8 Å². The molecule has 4 saturated heterocycles. The molecule has 1 N–H and O–H groups in total. The summed E-state index contributed by atoms with van der Waals surface area (Å²) >= 11 is 0. The fraction of sp³-hybridized carbons (Fsp3) is 0.391.